The van der Waals surface area contributed by atoms with E-state index in [1.54, 1.807) is 25.1 Å². The van der Waals surface area contributed by atoms with Gasteiger partial charge in [0.15, 0.2) is 0 Å². The van der Waals surface area contributed by atoms with Gasteiger partial charge in [-0.3, -0.25) is 4.79 Å². The number of carboxylic acid groups (broad SMARTS) is 1. The van der Waals surface area contributed by atoms with Crippen LogP contribution in [0.15, 0.2) is 18.2 Å². The fourth-order valence-corrected chi connectivity index (χ4v) is 3.16. The molecule has 0 saturated carbocycles. The summed E-state index contributed by atoms with van der Waals surface area (Å²) in [5, 5.41) is 10.2. The molecule has 1 aromatic carbocycles. The number of likely N-dealkylation sites (tertiary alicyclic amines) is 1. The van der Waals surface area contributed by atoms with Gasteiger partial charge in [0.25, 0.3) is 0 Å². The van der Waals surface area contributed by atoms with Crippen molar-refractivity contribution in [3.63, 3.8) is 0 Å². The Kier molecular flexibility index (Phi) is 5.12. The van der Waals surface area contributed by atoms with Crippen LogP contribution < -0.4 is 0 Å². The Labute approximate surface area is 133 Å². The highest BCUT2D eigenvalue weighted by Crippen LogP contribution is 2.26. The van der Waals surface area contributed by atoms with E-state index >= 15 is 0 Å². The van der Waals surface area contributed by atoms with Gasteiger partial charge in [-0.15, -0.1) is 0 Å². The molecule has 0 aliphatic carbocycles. The van der Waals surface area contributed by atoms with Crippen LogP contribution in [0, 0.1) is 5.92 Å². The number of rotatable bonds is 4. The van der Waals surface area contributed by atoms with E-state index < -0.39 is 12.0 Å². The van der Waals surface area contributed by atoms with E-state index in [1.165, 1.54) is 4.90 Å². The summed E-state index contributed by atoms with van der Waals surface area (Å²) in [6.45, 7) is 2.30. The zero-order chi connectivity index (χ0) is 15.6. The molecule has 0 spiro atoms. The molecule has 0 aromatic heterocycles. The van der Waals surface area contributed by atoms with E-state index in [0.717, 1.165) is 12.0 Å². The van der Waals surface area contributed by atoms with Crippen molar-refractivity contribution in [1.82, 2.24) is 4.90 Å². The minimum absolute atomic E-state index is 0.133. The highest BCUT2D eigenvalue weighted by atomic mass is 35.5. The SMILES string of the molecule is CC(Cc1ccc(Cl)cc1Cl)C(=O)N1CCC[C@@H]1C(=O)O. The van der Waals surface area contributed by atoms with Crippen molar-refractivity contribution in [3.8, 4) is 0 Å². The molecule has 4 nitrogen and oxygen atoms in total. The average molecular weight is 330 g/mol. The van der Waals surface area contributed by atoms with E-state index in [2.05, 4.69) is 0 Å². The molecule has 0 radical (unpaired) electrons. The van der Waals surface area contributed by atoms with Gasteiger partial charge in [-0.25, -0.2) is 4.79 Å². The second kappa shape index (κ2) is 6.67. The Morgan fingerprint density at radius 2 is 2.14 bits per heavy atom. The number of carboxylic acids is 1. The molecule has 1 fully saturated rings. The maximum atomic E-state index is 12.4. The Bertz CT molecular complexity index is 562. The molecule has 1 aliphatic heterocycles. The van der Waals surface area contributed by atoms with Crippen LogP contribution in [0.1, 0.15) is 25.3 Å². The summed E-state index contributed by atoms with van der Waals surface area (Å²) in [5.74, 6) is -1.38. The smallest absolute Gasteiger partial charge is 0.326 e. The van der Waals surface area contributed by atoms with Gasteiger partial charge in [0.2, 0.25) is 5.91 Å². The minimum Gasteiger partial charge on any atom is -0.480 e. The first-order valence-corrected chi connectivity index (χ1v) is 7.63. The number of nitrogens with zero attached hydrogens (tertiary/aromatic N) is 1. The van der Waals surface area contributed by atoms with Crippen LogP contribution in [0.5, 0.6) is 0 Å². The Balaban J connectivity index is 2.07. The molecule has 2 rings (SSSR count). The van der Waals surface area contributed by atoms with Gasteiger partial charge in [-0.05, 0) is 37.0 Å². The van der Waals surface area contributed by atoms with Crippen molar-refractivity contribution in [2.45, 2.75) is 32.2 Å². The third-order valence-electron chi connectivity index (χ3n) is 3.78. The molecule has 1 amide bonds. The number of aliphatic carboxylic acids is 1. The van der Waals surface area contributed by atoms with Gasteiger partial charge >= 0.3 is 5.97 Å². The molecule has 1 unspecified atom stereocenters. The van der Waals surface area contributed by atoms with E-state index in [1.807, 2.05) is 0 Å². The summed E-state index contributed by atoms with van der Waals surface area (Å²) in [6.07, 6.45) is 1.73. The third-order valence-corrected chi connectivity index (χ3v) is 4.37. The highest BCUT2D eigenvalue weighted by molar-refractivity contribution is 6.35. The van der Waals surface area contributed by atoms with Crippen molar-refractivity contribution in [1.29, 1.82) is 0 Å². The van der Waals surface area contributed by atoms with Crippen LogP contribution in [0.25, 0.3) is 0 Å². The zero-order valence-corrected chi connectivity index (χ0v) is 13.2. The average Bonchev–Trinajstić information content (AvgIpc) is 2.90. The molecule has 1 saturated heterocycles. The van der Waals surface area contributed by atoms with E-state index in [9.17, 15) is 9.59 Å². The quantitative estimate of drug-likeness (QED) is 0.922. The number of carbonyl (C=O) groups excluding carboxylic acids is 1. The van der Waals surface area contributed by atoms with E-state index in [-0.39, 0.29) is 11.8 Å². The number of hydrogen-bond donors (Lipinski definition) is 1. The topological polar surface area (TPSA) is 57.6 Å². The number of amides is 1. The molecule has 114 valence electrons. The normalized spacial score (nSPS) is 19.6. The second-order valence-electron chi connectivity index (χ2n) is 5.37. The Morgan fingerprint density at radius 1 is 1.43 bits per heavy atom. The summed E-state index contributed by atoms with van der Waals surface area (Å²) in [6, 6.07) is 4.48. The lowest BCUT2D eigenvalue weighted by molar-refractivity contribution is -0.149. The molecule has 1 aliphatic rings. The number of carbonyl (C=O) groups is 2. The highest BCUT2D eigenvalue weighted by Gasteiger charge is 2.35. The number of halogens is 2. The number of hydrogen-bond acceptors (Lipinski definition) is 2. The molecule has 6 heteroatoms. The van der Waals surface area contributed by atoms with Gasteiger partial charge in [0.1, 0.15) is 6.04 Å². The van der Waals surface area contributed by atoms with Gasteiger partial charge in [0.05, 0.1) is 0 Å². The molecular formula is C15H17Cl2NO3. The van der Waals surface area contributed by atoms with Crippen LogP contribution >= 0.6 is 23.2 Å². The lowest BCUT2D eigenvalue weighted by Crippen LogP contribution is -2.43. The second-order valence-corrected chi connectivity index (χ2v) is 6.21. The predicted molar refractivity (Wildman–Crippen MR) is 81.7 cm³/mol. The van der Waals surface area contributed by atoms with Crippen molar-refractivity contribution >= 4 is 35.1 Å². The minimum atomic E-state index is -0.933. The van der Waals surface area contributed by atoms with Crippen molar-refractivity contribution < 1.29 is 14.7 Å². The fraction of sp³-hybridized carbons (Fsp3) is 0.467. The van der Waals surface area contributed by atoms with Crippen LogP contribution in [0.4, 0.5) is 0 Å². The maximum absolute atomic E-state index is 12.4. The standard InChI is InChI=1S/C15H17Cl2NO3/c1-9(7-10-4-5-11(16)8-12(10)17)14(19)18-6-2-3-13(18)15(20)21/h4-5,8-9,13H,2-3,6-7H2,1H3,(H,20,21)/t9?,13-/m1/s1. The molecule has 1 N–H and O–H groups in total. The fourth-order valence-electron chi connectivity index (χ4n) is 2.67. The summed E-state index contributed by atoms with van der Waals surface area (Å²) >= 11 is 12.0. The van der Waals surface area contributed by atoms with Gasteiger partial charge in [-0.1, -0.05) is 36.2 Å². The van der Waals surface area contributed by atoms with Gasteiger partial charge in [-0.2, -0.15) is 0 Å². The molecule has 21 heavy (non-hydrogen) atoms. The van der Waals surface area contributed by atoms with Crippen LogP contribution in [0.3, 0.4) is 0 Å². The number of benzene rings is 1. The first-order chi connectivity index (χ1) is 9.90. The summed E-state index contributed by atoms with van der Waals surface area (Å²) < 4.78 is 0. The van der Waals surface area contributed by atoms with Crippen LogP contribution in [-0.4, -0.2) is 34.5 Å². The van der Waals surface area contributed by atoms with Crippen LogP contribution in [0.2, 0.25) is 10.0 Å². The van der Waals surface area contributed by atoms with E-state index in [4.69, 9.17) is 28.3 Å². The first kappa shape index (κ1) is 16.1. The van der Waals surface area contributed by atoms with Crippen molar-refractivity contribution in [2.75, 3.05) is 6.54 Å². The van der Waals surface area contributed by atoms with Crippen molar-refractivity contribution in [2.24, 2.45) is 5.92 Å². The largest absolute Gasteiger partial charge is 0.480 e. The molecule has 0 bridgehead atoms. The maximum Gasteiger partial charge on any atom is 0.326 e. The van der Waals surface area contributed by atoms with Crippen LogP contribution in [-0.2, 0) is 16.0 Å². The summed E-state index contributed by atoms with van der Waals surface area (Å²) in [4.78, 5) is 25.1. The predicted octanol–water partition coefficient (Wildman–Crippen LogP) is 3.25. The monoisotopic (exact) mass is 329 g/mol. The molecule has 1 heterocycles. The molecular weight excluding hydrogens is 313 g/mol. The first-order valence-electron chi connectivity index (χ1n) is 6.87. The third kappa shape index (κ3) is 3.69. The van der Waals surface area contributed by atoms with Crippen molar-refractivity contribution in [3.05, 3.63) is 33.8 Å². The van der Waals surface area contributed by atoms with E-state index in [0.29, 0.717) is 29.4 Å². The Hall–Kier alpha value is -1.26. The lowest BCUT2D eigenvalue weighted by Gasteiger charge is -2.25. The molecule has 1 aromatic rings. The lowest BCUT2D eigenvalue weighted by atomic mass is 9.99. The summed E-state index contributed by atoms with van der Waals surface area (Å²) in [5.41, 5.74) is 0.841. The van der Waals surface area contributed by atoms with Gasteiger partial charge < -0.3 is 10.0 Å². The van der Waals surface area contributed by atoms with Gasteiger partial charge in [0, 0.05) is 22.5 Å². The summed E-state index contributed by atoms with van der Waals surface area (Å²) in [7, 11) is 0. The molecule has 2 atom stereocenters. The zero-order valence-electron chi connectivity index (χ0n) is 11.7. The Morgan fingerprint density at radius 3 is 2.76 bits per heavy atom.